The van der Waals surface area contributed by atoms with Gasteiger partial charge < -0.3 is 25.4 Å². The highest BCUT2D eigenvalue weighted by Crippen LogP contribution is 2.41. The summed E-state index contributed by atoms with van der Waals surface area (Å²) in [6.07, 6.45) is 2.74. The third-order valence-corrected chi connectivity index (χ3v) is 6.08. The van der Waals surface area contributed by atoms with Crippen LogP contribution < -0.4 is 10.5 Å². The highest BCUT2D eigenvalue weighted by atomic mass is 16.5. The van der Waals surface area contributed by atoms with Crippen LogP contribution in [0.2, 0.25) is 0 Å². The van der Waals surface area contributed by atoms with Crippen LogP contribution in [0.5, 0.6) is 5.75 Å². The highest BCUT2D eigenvalue weighted by molar-refractivity contribution is 5.49. The lowest BCUT2D eigenvalue weighted by molar-refractivity contribution is -0.0205. The summed E-state index contributed by atoms with van der Waals surface area (Å²) >= 11 is 0. The monoisotopic (exact) mass is 449 g/mol. The SMILES string of the molecule is COc1ccc(C(OCC(CO)CCCCN)(c2ccccc2)c2ccc(CO)cc2)cc1. The molecule has 2 unspecified atom stereocenters. The average Bonchev–Trinajstić information content (AvgIpc) is 2.89. The van der Waals surface area contributed by atoms with E-state index in [0.29, 0.717) is 13.2 Å². The number of benzene rings is 3. The summed E-state index contributed by atoms with van der Waals surface area (Å²) in [6, 6.07) is 25.9. The van der Waals surface area contributed by atoms with E-state index in [0.717, 1.165) is 47.3 Å². The van der Waals surface area contributed by atoms with Gasteiger partial charge in [0.2, 0.25) is 0 Å². The van der Waals surface area contributed by atoms with Gasteiger partial charge in [-0.1, -0.05) is 73.2 Å². The predicted octanol–water partition coefficient (Wildman–Crippen LogP) is 4.23. The van der Waals surface area contributed by atoms with Crippen LogP contribution in [0.15, 0.2) is 78.9 Å². The molecule has 3 aromatic rings. The maximum atomic E-state index is 10.0. The molecule has 0 heterocycles. The first-order chi connectivity index (χ1) is 16.2. The van der Waals surface area contributed by atoms with Crippen LogP contribution in [0, 0.1) is 5.92 Å². The van der Waals surface area contributed by atoms with Crippen LogP contribution in [0.1, 0.15) is 41.5 Å². The third kappa shape index (κ3) is 6.01. The lowest BCUT2D eigenvalue weighted by Crippen LogP contribution is -2.35. The van der Waals surface area contributed by atoms with Crippen molar-refractivity contribution in [3.63, 3.8) is 0 Å². The van der Waals surface area contributed by atoms with E-state index in [-0.39, 0.29) is 19.1 Å². The van der Waals surface area contributed by atoms with Crippen LogP contribution in [0.4, 0.5) is 0 Å². The summed E-state index contributed by atoms with van der Waals surface area (Å²) in [6.45, 7) is 1.08. The van der Waals surface area contributed by atoms with Crippen LogP contribution >= 0.6 is 0 Å². The molecular formula is C28H35NO4. The van der Waals surface area contributed by atoms with Gasteiger partial charge in [0.1, 0.15) is 11.4 Å². The van der Waals surface area contributed by atoms with Crippen LogP contribution in [-0.4, -0.2) is 37.1 Å². The number of rotatable bonds is 13. The van der Waals surface area contributed by atoms with Gasteiger partial charge >= 0.3 is 0 Å². The number of hydrogen-bond donors (Lipinski definition) is 3. The second kappa shape index (κ2) is 12.5. The summed E-state index contributed by atoms with van der Waals surface area (Å²) in [4.78, 5) is 0. The predicted molar refractivity (Wildman–Crippen MR) is 131 cm³/mol. The molecule has 5 heteroatoms. The minimum Gasteiger partial charge on any atom is -0.497 e. The van der Waals surface area contributed by atoms with Gasteiger partial charge in [0, 0.05) is 12.5 Å². The molecule has 2 atom stereocenters. The van der Waals surface area contributed by atoms with Crippen molar-refractivity contribution in [2.45, 2.75) is 31.5 Å². The van der Waals surface area contributed by atoms with Crippen molar-refractivity contribution in [3.05, 3.63) is 101 Å². The quantitative estimate of drug-likeness (QED) is 0.269. The molecule has 33 heavy (non-hydrogen) atoms. The van der Waals surface area contributed by atoms with E-state index in [4.69, 9.17) is 15.2 Å². The second-order valence-corrected chi connectivity index (χ2v) is 8.27. The van der Waals surface area contributed by atoms with Gasteiger partial charge in [0.25, 0.3) is 0 Å². The first-order valence-electron chi connectivity index (χ1n) is 11.5. The Balaban J connectivity index is 2.09. The van der Waals surface area contributed by atoms with Crippen molar-refractivity contribution in [1.82, 2.24) is 0 Å². The topological polar surface area (TPSA) is 84.9 Å². The zero-order valence-electron chi connectivity index (χ0n) is 19.3. The average molecular weight is 450 g/mol. The maximum Gasteiger partial charge on any atom is 0.143 e. The molecule has 0 aliphatic carbocycles. The van der Waals surface area contributed by atoms with Gasteiger partial charge in [-0.3, -0.25) is 0 Å². The lowest BCUT2D eigenvalue weighted by atomic mass is 9.79. The fourth-order valence-corrected chi connectivity index (χ4v) is 4.14. The Hall–Kier alpha value is -2.70. The van der Waals surface area contributed by atoms with Crippen LogP contribution in [0.25, 0.3) is 0 Å². The standard InChI is InChI=1S/C28H35NO4/c1-32-27-16-14-26(15-17-27)28(24-8-3-2-4-9-24,25-12-10-22(19-30)11-13-25)33-21-23(20-31)7-5-6-18-29/h2-4,8-17,23,30-31H,5-7,18-21,29H2,1H3. The zero-order valence-corrected chi connectivity index (χ0v) is 19.3. The van der Waals surface area contributed by atoms with E-state index < -0.39 is 5.60 Å². The number of methoxy groups -OCH3 is 1. The van der Waals surface area contributed by atoms with E-state index in [2.05, 4.69) is 12.1 Å². The fraction of sp³-hybridized carbons (Fsp3) is 0.357. The van der Waals surface area contributed by atoms with Crippen molar-refractivity contribution in [2.24, 2.45) is 11.7 Å². The Morgan fingerprint density at radius 2 is 1.42 bits per heavy atom. The first-order valence-corrected chi connectivity index (χ1v) is 11.5. The van der Waals surface area contributed by atoms with Crippen molar-refractivity contribution >= 4 is 0 Å². The number of unbranched alkanes of at least 4 members (excludes halogenated alkanes) is 1. The summed E-state index contributed by atoms with van der Waals surface area (Å²) in [5.74, 6) is 0.779. The molecule has 0 bridgehead atoms. The van der Waals surface area contributed by atoms with Crippen LogP contribution in [0.3, 0.4) is 0 Å². The van der Waals surface area contributed by atoms with E-state index in [9.17, 15) is 10.2 Å². The van der Waals surface area contributed by atoms with Crippen molar-refractivity contribution in [2.75, 3.05) is 26.9 Å². The number of hydrogen-bond acceptors (Lipinski definition) is 5. The van der Waals surface area contributed by atoms with Crippen molar-refractivity contribution in [1.29, 1.82) is 0 Å². The summed E-state index contributed by atoms with van der Waals surface area (Å²) in [7, 11) is 1.65. The molecule has 0 radical (unpaired) electrons. The van der Waals surface area contributed by atoms with Gasteiger partial charge in [-0.05, 0) is 53.8 Å². The smallest absolute Gasteiger partial charge is 0.143 e. The summed E-state index contributed by atoms with van der Waals surface area (Å²) < 4.78 is 12.2. The molecule has 4 N–H and O–H groups in total. The molecule has 0 saturated carbocycles. The van der Waals surface area contributed by atoms with Gasteiger partial charge in [-0.25, -0.2) is 0 Å². The largest absolute Gasteiger partial charge is 0.497 e. The van der Waals surface area contributed by atoms with Crippen molar-refractivity contribution in [3.8, 4) is 5.75 Å². The second-order valence-electron chi connectivity index (χ2n) is 8.27. The Morgan fingerprint density at radius 3 is 1.97 bits per heavy atom. The molecule has 0 spiro atoms. The number of ether oxygens (including phenoxy) is 2. The molecule has 0 aliphatic heterocycles. The number of aliphatic hydroxyl groups is 2. The minimum absolute atomic E-state index is 0.00889. The summed E-state index contributed by atoms with van der Waals surface area (Å²) in [5.41, 5.74) is 8.51. The molecule has 0 amide bonds. The number of aliphatic hydroxyl groups excluding tert-OH is 2. The lowest BCUT2D eigenvalue weighted by Gasteiger charge is -2.37. The van der Waals surface area contributed by atoms with Gasteiger partial charge in [-0.2, -0.15) is 0 Å². The van der Waals surface area contributed by atoms with Gasteiger partial charge in [0.15, 0.2) is 0 Å². The molecule has 3 aromatic carbocycles. The van der Waals surface area contributed by atoms with Crippen LogP contribution in [-0.2, 0) is 16.9 Å². The van der Waals surface area contributed by atoms with E-state index in [1.807, 2.05) is 66.7 Å². The Bertz CT molecular complexity index is 894. The molecule has 0 fully saturated rings. The van der Waals surface area contributed by atoms with Crippen molar-refractivity contribution < 1.29 is 19.7 Å². The fourth-order valence-electron chi connectivity index (χ4n) is 4.14. The normalized spacial score (nSPS) is 13.9. The molecular weight excluding hydrogens is 414 g/mol. The molecule has 5 nitrogen and oxygen atoms in total. The van der Waals surface area contributed by atoms with E-state index in [1.54, 1.807) is 7.11 Å². The zero-order chi connectivity index (χ0) is 23.5. The number of nitrogens with two attached hydrogens (primary N) is 1. The molecule has 176 valence electrons. The Morgan fingerprint density at radius 1 is 0.818 bits per heavy atom. The summed E-state index contributed by atoms with van der Waals surface area (Å²) in [5, 5.41) is 19.6. The van der Waals surface area contributed by atoms with E-state index >= 15 is 0 Å². The maximum absolute atomic E-state index is 10.0. The van der Waals surface area contributed by atoms with Gasteiger partial charge in [0.05, 0.1) is 20.3 Å². The Kier molecular flexibility index (Phi) is 9.46. The minimum atomic E-state index is -0.886. The molecule has 0 aromatic heterocycles. The first kappa shape index (κ1) is 24.9. The Labute approximate surface area is 196 Å². The third-order valence-electron chi connectivity index (χ3n) is 6.08. The van der Waals surface area contributed by atoms with E-state index in [1.165, 1.54) is 0 Å². The molecule has 0 saturated heterocycles. The molecule has 0 aliphatic rings. The highest BCUT2D eigenvalue weighted by Gasteiger charge is 2.38. The molecule has 3 rings (SSSR count). The van der Waals surface area contributed by atoms with Gasteiger partial charge in [-0.15, -0.1) is 0 Å².